The zero-order chi connectivity index (χ0) is 23.3. The maximum Gasteiger partial charge on any atom is 0.408 e. The molecule has 1 N–H and O–H groups in total. The largest absolute Gasteiger partial charge is 0.469 e. The molecule has 0 aliphatic carbocycles. The summed E-state index contributed by atoms with van der Waals surface area (Å²) < 4.78 is 10.3. The number of carbonyl (C=O) groups is 3. The molecular formula is C23H33ClN2O5. The standard InChI is InChI=1S/C23H33ClN2O5/c1-14(2)19(25-22(29)31-23(3,4)5)20(27)26-12-16(18(13-26)21(28)30-6)11-15-7-9-17(24)10-8-15/h7-10,14,16,18-19H,11-13H2,1-6H3,(H,25,29)/t16-,18?,19-/m0/s1. The van der Waals surface area contributed by atoms with Crippen LogP contribution < -0.4 is 5.32 Å². The normalized spacial score (nSPS) is 19.8. The van der Waals surface area contributed by atoms with Gasteiger partial charge in [-0.25, -0.2) is 4.79 Å². The third kappa shape index (κ3) is 7.13. The van der Waals surface area contributed by atoms with Gasteiger partial charge in [0.2, 0.25) is 5.91 Å². The van der Waals surface area contributed by atoms with Crippen molar-refractivity contribution in [3.05, 3.63) is 34.9 Å². The highest BCUT2D eigenvalue weighted by atomic mass is 35.5. The Morgan fingerprint density at radius 2 is 1.77 bits per heavy atom. The molecule has 0 radical (unpaired) electrons. The van der Waals surface area contributed by atoms with Crippen molar-refractivity contribution in [2.24, 2.45) is 17.8 Å². The van der Waals surface area contributed by atoms with E-state index in [2.05, 4.69) is 5.32 Å². The number of rotatable bonds is 6. The summed E-state index contributed by atoms with van der Waals surface area (Å²) in [5.74, 6) is -1.23. The lowest BCUT2D eigenvalue weighted by Crippen LogP contribution is -2.51. The van der Waals surface area contributed by atoms with Crippen LogP contribution in [0.3, 0.4) is 0 Å². The number of esters is 1. The van der Waals surface area contributed by atoms with E-state index in [-0.39, 0.29) is 30.3 Å². The maximum absolute atomic E-state index is 13.3. The lowest BCUT2D eigenvalue weighted by atomic mass is 9.90. The predicted molar refractivity (Wildman–Crippen MR) is 119 cm³/mol. The zero-order valence-electron chi connectivity index (χ0n) is 19.1. The third-order valence-corrected chi connectivity index (χ3v) is 5.52. The van der Waals surface area contributed by atoms with E-state index < -0.39 is 23.7 Å². The highest BCUT2D eigenvalue weighted by molar-refractivity contribution is 6.30. The predicted octanol–water partition coefficient (Wildman–Crippen LogP) is 3.68. The molecule has 1 unspecified atom stereocenters. The number of nitrogens with one attached hydrogen (secondary N) is 1. The molecule has 8 heteroatoms. The van der Waals surface area contributed by atoms with Gasteiger partial charge in [0.1, 0.15) is 11.6 Å². The molecule has 2 rings (SSSR count). The van der Waals surface area contributed by atoms with Crippen molar-refractivity contribution in [1.29, 1.82) is 0 Å². The van der Waals surface area contributed by atoms with Crippen molar-refractivity contribution in [3.63, 3.8) is 0 Å². The van der Waals surface area contributed by atoms with Crippen LogP contribution in [0.25, 0.3) is 0 Å². The van der Waals surface area contributed by atoms with Gasteiger partial charge in [-0.3, -0.25) is 9.59 Å². The van der Waals surface area contributed by atoms with Crippen molar-refractivity contribution in [1.82, 2.24) is 10.2 Å². The Labute approximate surface area is 189 Å². The van der Waals surface area contributed by atoms with E-state index in [1.54, 1.807) is 25.7 Å². The minimum atomic E-state index is -0.748. The molecule has 1 aromatic rings. The average molecular weight is 453 g/mol. The fourth-order valence-corrected chi connectivity index (χ4v) is 3.87. The van der Waals surface area contributed by atoms with E-state index in [4.69, 9.17) is 21.1 Å². The molecule has 0 bridgehead atoms. The van der Waals surface area contributed by atoms with Gasteiger partial charge in [0.25, 0.3) is 0 Å². The number of hydrogen-bond donors (Lipinski definition) is 1. The minimum absolute atomic E-state index is 0.0908. The Kier molecular flexibility index (Phi) is 8.34. The molecule has 1 fully saturated rings. The molecule has 0 saturated carbocycles. The Balaban J connectivity index is 2.15. The van der Waals surface area contributed by atoms with E-state index in [1.807, 2.05) is 38.1 Å². The topological polar surface area (TPSA) is 84.9 Å². The summed E-state index contributed by atoms with van der Waals surface area (Å²) in [6, 6.07) is 6.70. The number of amides is 2. The van der Waals surface area contributed by atoms with Crippen molar-refractivity contribution >= 4 is 29.6 Å². The van der Waals surface area contributed by atoms with Crippen LogP contribution in [-0.4, -0.2) is 54.7 Å². The van der Waals surface area contributed by atoms with Crippen LogP contribution in [0.15, 0.2) is 24.3 Å². The Bertz CT molecular complexity index is 788. The molecule has 1 aliphatic heterocycles. The second kappa shape index (κ2) is 10.4. The zero-order valence-corrected chi connectivity index (χ0v) is 19.9. The Morgan fingerprint density at radius 3 is 2.29 bits per heavy atom. The first-order valence-corrected chi connectivity index (χ1v) is 10.9. The first-order valence-electron chi connectivity index (χ1n) is 10.5. The van der Waals surface area contributed by atoms with Gasteiger partial charge >= 0.3 is 12.1 Å². The van der Waals surface area contributed by atoms with Gasteiger partial charge in [-0.05, 0) is 56.7 Å². The van der Waals surface area contributed by atoms with Crippen LogP contribution in [0.4, 0.5) is 4.79 Å². The van der Waals surface area contributed by atoms with Gasteiger partial charge in [-0.15, -0.1) is 0 Å². The molecule has 172 valence electrons. The van der Waals surface area contributed by atoms with Gasteiger partial charge in [0, 0.05) is 18.1 Å². The Hall–Kier alpha value is -2.28. The number of benzene rings is 1. The monoisotopic (exact) mass is 452 g/mol. The van der Waals surface area contributed by atoms with Crippen molar-refractivity contribution in [2.75, 3.05) is 20.2 Å². The van der Waals surface area contributed by atoms with E-state index >= 15 is 0 Å². The molecular weight excluding hydrogens is 420 g/mol. The molecule has 0 spiro atoms. The van der Waals surface area contributed by atoms with Crippen LogP contribution in [0.5, 0.6) is 0 Å². The molecule has 1 aliphatic rings. The molecule has 1 aromatic carbocycles. The van der Waals surface area contributed by atoms with Crippen molar-refractivity contribution in [3.8, 4) is 0 Å². The van der Waals surface area contributed by atoms with Gasteiger partial charge in [-0.1, -0.05) is 37.6 Å². The molecule has 2 amide bonds. The van der Waals surface area contributed by atoms with E-state index in [1.165, 1.54) is 7.11 Å². The third-order valence-electron chi connectivity index (χ3n) is 5.27. The van der Waals surface area contributed by atoms with Gasteiger partial charge < -0.3 is 19.7 Å². The van der Waals surface area contributed by atoms with Crippen LogP contribution in [-0.2, 0) is 25.5 Å². The SMILES string of the molecule is COC(=O)C1CN(C(=O)[C@@H](NC(=O)OC(C)(C)C)C(C)C)C[C@@H]1Cc1ccc(Cl)cc1. The fraction of sp³-hybridized carbons (Fsp3) is 0.609. The number of nitrogens with zero attached hydrogens (tertiary/aromatic N) is 1. The molecule has 7 nitrogen and oxygen atoms in total. The summed E-state index contributed by atoms with van der Waals surface area (Å²) in [5.41, 5.74) is 0.368. The molecule has 3 atom stereocenters. The molecule has 1 saturated heterocycles. The quantitative estimate of drug-likeness (QED) is 0.665. The van der Waals surface area contributed by atoms with Gasteiger partial charge in [0.05, 0.1) is 13.0 Å². The maximum atomic E-state index is 13.3. The lowest BCUT2D eigenvalue weighted by Gasteiger charge is -2.28. The number of carbonyl (C=O) groups excluding carboxylic acids is 3. The summed E-state index contributed by atoms with van der Waals surface area (Å²) in [6.07, 6.45) is -0.0204. The Morgan fingerprint density at radius 1 is 1.16 bits per heavy atom. The summed E-state index contributed by atoms with van der Waals surface area (Å²) >= 11 is 5.97. The van der Waals surface area contributed by atoms with Crippen LogP contribution in [0, 0.1) is 17.8 Å². The lowest BCUT2D eigenvalue weighted by molar-refractivity contribution is -0.146. The summed E-state index contributed by atoms with van der Waals surface area (Å²) in [4.78, 5) is 39.6. The van der Waals surface area contributed by atoms with E-state index in [0.29, 0.717) is 18.0 Å². The van der Waals surface area contributed by atoms with E-state index in [0.717, 1.165) is 5.56 Å². The summed E-state index contributed by atoms with van der Waals surface area (Å²) in [5, 5.41) is 3.34. The minimum Gasteiger partial charge on any atom is -0.469 e. The average Bonchev–Trinajstić information content (AvgIpc) is 3.09. The van der Waals surface area contributed by atoms with Crippen molar-refractivity contribution in [2.45, 2.75) is 52.7 Å². The molecule has 0 aromatic heterocycles. The number of hydrogen-bond acceptors (Lipinski definition) is 5. The second-order valence-electron chi connectivity index (χ2n) is 9.33. The summed E-state index contributed by atoms with van der Waals surface area (Å²) in [7, 11) is 1.35. The highest BCUT2D eigenvalue weighted by Gasteiger charge is 2.42. The smallest absolute Gasteiger partial charge is 0.408 e. The van der Waals surface area contributed by atoms with Crippen molar-refractivity contribution < 1.29 is 23.9 Å². The highest BCUT2D eigenvalue weighted by Crippen LogP contribution is 2.29. The fourth-order valence-electron chi connectivity index (χ4n) is 3.74. The van der Waals surface area contributed by atoms with Crippen LogP contribution in [0.2, 0.25) is 5.02 Å². The first kappa shape index (κ1) is 25.0. The van der Waals surface area contributed by atoms with Crippen LogP contribution in [0.1, 0.15) is 40.2 Å². The van der Waals surface area contributed by atoms with E-state index in [9.17, 15) is 14.4 Å². The van der Waals surface area contributed by atoms with Gasteiger partial charge in [0.15, 0.2) is 0 Å². The molecule has 31 heavy (non-hydrogen) atoms. The number of alkyl carbamates (subject to hydrolysis) is 1. The first-order chi connectivity index (χ1) is 14.4. The molecule has 1 heterocycles. The number of halogens is 1. The second-order valence-corrected chi connectivity index (χ2v) is 9.77. The summed E-state index contributed by atoms with van der Waals surface area (Å²) in [6.45, 7) is 9.67. The number of ether oxygens (including phenoxy) is 2. The number of methoxy groups -OCH3 is 1. The number of likely N-dealkylation sites (tertiary alicyclic amines) is 1. The van der Waals surface area contributed by atoms with Crippen LogP contribution >= 0.6 is 11.6 Å². The van der Waals surface area contributed by atoms with Gasteiger partial charge in [-0.2, -0.15) is 0 Å².